The molecule has 1 aromatic heterocycles. The van der Waals surface area contributed by atoms with Gasteiger partial charge >= 0.3 is 0 Å². The maximum absolute atomic E-state index is 13.3. The lowest BCUT2D eigenvalue weighted by atomic mass is 10.1. The summed E-state index contributed by atoms with van der Waals surface area (Å²) in [4.78, 5) is 26.0. The summed E-state index contributed by atoms with van der Waals surface area (Å²) in [6.45, 7) is 5.35. The normalized spacial score (nSPS) is 11.6. The zero-order valence-corrected chi connectivity index (χ0v) is 20.8. The molecule has 0 aliphatic rings. The lowest BCUT2D eigenvalue weighted by molar-refractivity contribution is 0.102. The topological polar surface area (TPSA) is 110 Å². The van der Waals surface area contributed by atoms with Crippen molar-refractivity contribution in [2.45, 2.75) is 31.7 Å². The maximum Gasteiger partial charge on any atom is 0.276 e. The summed E-state index contributed by atoms with van der Waals surface area (Å²) in [5.74, 6) is -0.559. The van der Waals surface area contributed by atoms with Crippen molar-refractivity contribution in [3.63, 3.8) is 0 Å². The van der Waals surface area contributed by atoms with E-state index < -0.39 is 15.9 Å². The largest absolute Gasteiger partial charge is 0.320 e. The fourth-order valence-corrected chi connectivity index (χ4v) is 4.84. The second-order valence-corrected chi connectivity index (χ2v) is 10.4. The third-order valence-corrected chi connectivity index (χ3v) is 6.99. The molecule has 4 rings (SSSR count). The number of anilines is 2. The SMILES string of the molecule is Cc1ccc(S(=O)(=O)Nc2cccc(Cl)c2)cc1NC(=O)c1nn(C(C)C)c(=O)c2ccccc12. The Bertz CT molecular complexity index is 1610. The number of nitrogens with one attached hydrogen (secondary N) is 2. The Morgan fingerprint density at radius 1 is 1.00 bits per heavy atom. The van der Waals surface area contributed by atoms with Crippen molar-refractivity contribution in [1.29, 1.82) is 0 Å². The summed E-state index contributed by atoms with van der Waals surface area (Å²) in [6, 6.07) is 17.3. The Labute approximate surface area is 207 Å². The first-order valence-corrected chi connectivity index (χ1v) is 12.6. The lowest BCUT2D eigenvalue weighted by Crippen LogP contribution is -2.29. The fraction of sp³-hybridized carbons (Fsp3) is 0.160. The van der Waals surface area contributed by atoms with E-state index in [1.54, 1.807) is 69.3 Å². The molecule has 0 saturated heterocycles. The molecule has 0 unspecified atom stereocenters. The lowest BCUT2D eigenvalue weighted by Gasteiger charge is -2.15. The second kappa shape index (κ2) is 9.52. The molecule has 0 aliphatic heterocycles. The van der Waals surface area contributed by atoms with E-state index in [1.165, 1.54) is 22.9 Å². The van der Waals surface area contributed by atoms with Crippen LogP contribution in [0.25, 0.3) is 10.8 Å². The molecule has 1 amide bonds. The van der Waals surface area contributed by atoms with E-state index in [4.69, 9.17) is 11.6 Å². The van der Waals surface area contributed by atoms with E-state index >= 15 is 0 Å². The number of fused-ring (bicyclic) bond motifs is 1. The van der Waals surface area contributed by atoms with Crippen LogP contribution >= 0.6 is 11.6 Å². The summed E-state index contributed by atoms with van der Waals surface area (Å²) in [5, 5.41) is 8.25. The number of rotatable bonds is 6. The number of halogens is 1. The van der Waals surface area contributed by atoms with Crippen molar-refractivity contribution < 1.29 is 13.2 Å². The van der Waals surface area contributed by atoms with Crippen LogP contribution in [0.5, 0.6) is 0 Å². The van der Waals surface area contributed by atoms with Crippen molar-refractivity contribution in [1.82, 2.24) is 9.78 Å². The molecule has 0 saturated carbocycles. The first kappa shape index (κ1) is 24.4. The molecule has 180 valence electrons. The summed E-state index contributed by atoms with van der Waals surface area (Å²) >= 11 is 5.95. The molecule has 3 aromatic carbocycles. The highest BCUT2D eigenvalue weighted by Gasteiger charge is 2.20. The van der Waals surface area contributed by atoms with Crippen LogP contribution < -0.4 is 15.6 Å². The third-order valence-electron chi connectivity index (χ3n) is 5.38. The molecule has 1 heterocycles. The summed E-state index contributed by atoms with van der Waals surface area (Å²) in [7, 11) is -3.95. The summed E-state index contributed by atoms with van der Waals surface area (Å²) < 4.78 is 29.6. The number of benzene rings is 3. The number of sulfonamides is 1. The quantitative estimate of drug-likeness (QED) is 0.379. The number of nitrogens with zero attached hydrogens (tertiary/aromatic N) is 2. The minimum Gasteiger partial charge on any atom is -0.320 e. The molecule has 35 heavy (non-hydrogen) atoms. The minimum atomic E-state index is -3.95. The van der Waals surface area contributed by atoms with Gasteiger partial charge in [-0.3, -0.25) is 14.3 Å². The molecule has 0 aliphatic carbocycles. The monoisotopic (exact) mass is 510 g/mol. The minimum absolute atomic E-state index is 0.0386. The highest BCUT2D eigenvalue weighted by atomic mass is 35.5. The van der Waals surface area contributed by atoms with Gasteiger partial charge in [-0.05, 0) is 62.7 Å². The molecule has 0 radical (unpaired) electrons. The van der Waals surface area contributed by atoms with Crippen molar-refractivity contribution in [3.05, 3.63) is 93.4 Å². The van der Waals surface area contributed by atoms with Gasteiger partial charge < -0.3 is 5.32 Å². The van der Waals surface area contributed by atoms with Gasteiger partial charge in [-0.25, -0.2) is 13.1 Å². The molecular formula is C25H23ClN4O4S. The van der Waals surface area contributed by atoms with Crippen molar-refractivity contribution in [2.24, 2.45) is 0 Å². The number of aromatic nitrogens is 2. The standard InChI is InChI=1S/C25H23ClN4O4S/c1-15(2)30-25(32)21-10-5-4-9-20(21)23(28-30)24(31)27-22-14-19(12-11-16(22)3)35(33,34)29-18-8-6-7-17(26)13-18/h4-15,29H,1-3H3,(H,27,31). The molecule has 8 nitrogen and oxygen atoms in total. The summed E-state index contributed by atoms with van der Waals surface area (Å²) in [5.41, 5.74) is 1.05. The molecule has 0 spiro atoms. The maximum atomic E-state index is 13.3. The molecule has 4 aromatic rings. The van der Waals surface area contributed by atoms with Crippen LogP contribution in [0.3, 0.4) is 0 Å². The number of hydrogen-bond donors (Lipinski definition) is 2. The van der Waals surface area contributed by atoms with E-state index in [-0.39, 0.29) is 22.2 Å². The van der Waals surface area contributed by atoms with Gasteiger partial charge in [-0.1, -0.05) is 41.9 Å². The van der Waals surface area contributed by atoms with E-state index in [1.807, 2.05) is 0 Å². The number of carbonyl (C=O) groups excluding carboxylic acids is 1. The Kier molecular flexibility index (Phi) is 6.64. The predicted octanol–water partition coefficient (Wildman–Crippen LogP) is 4.99. The van der Waals surface area contributed by atoms with Gasteiger partial charge in [0.15, 0.2) is 5.69 Å². The van der Waals surface area contributed by atoms with E-state index in [0.717, 1.165) is 0 Å². The van der Waals surface area contributed by atoms with Gasteiger partial charge in [0.1, 0.15) is 0 Å². The van der Waals surface area contributed by atoms with Crippen molar-refractivity contribution >= 4 is 49.7 Å². The van der Waals surface area contributed by atoms with Gasteiger partial charge in [0.05, 0.1) is 22.0 Å². The van der Waals surface area contributed by atoms with Crippen LogP contribution in [0.1, 0.15) is 35.9 Å². The Morgan fingerprint density at radius 3 is 2.40 bits per heavy atom. The Morgan fingerprint density at radius 2 is 1.71 bits per heavy atom. The van der Waals surface area contributed by atoms with Crippen LogP contribution in [0.15, 0.2) is 76.4 Å². The average molecular weight is 511 g/mol. The number of aryl methyl sites for hydroxylation is 1. The van der Waals surface area contributed by atoms with Gasteiger partial charge in [-0.15, -0.1) is 0 Å². The number of amides is 1. The Hall–Kier alpha value is -3.69. The van der Waals surface area contributed by atoms with Gasteiger partial charge in [0, 0.05) is 16.1 Å². The Balaban J connectivity index is 1.71. The van der Waals surface area contributed by atoms with E-state index in [9.17, 15) is 18.0 Å². The van der Waals surface area contributed by atoms with E-state index in [2.05, 4.69) is 15.1 Å². The molecule has 10 heteroatoms. The molecule has 0 bridgehead atoms. The predicted molar refractivity (Wildman–Crippen MR) is 138 cm³/mol. The second-order valence-electron chi connectivity index (χ2n) is 8.28. The molecular weight excluding hydrogens is 488 g/mol. The van der Waals surface area contributed by atoms with Gasteiger partial charge in [-0.2, -0.15) is 5.10 Å². The highest BCUT2D eigenvalue weighted by Crippen LogP contribution is 2.25. The number of hydrogen-bond acceptors (Lipinski definition) is 5. The van der Waals surface area contributed by atoms with Crippen LogP contribution in [-0.4, -0.2) is 24.1 Å². The fourth-order valence-electron chi connectivity index (χ4n) is 3.57. The van der Waals surface area contributed by atoms with E-state index in [0.29, 0.717) is 32.7 Å². The van der Waals surface area contributed by atoms with Crippen LogP contribution in [0, 0.1) is 6.92 Å². The molecule has 0 atom stereocenters. The van der Waals surface area contributed by atoms with Crippen molar-refractivity contribution in [3.8, 4) is 0 Å². The van der Waals surface area contributed by atoms with Gasteiger partial charge in [0.2, 0.25) is 0 Å². The first-order valence-electron chi connectivity index (χ1n) is 10.8. The zero-order chi connectivity index (χ0) is 25.3. The first-order chi connectivity index (χ1) is 16.6. The highest BCUT2D eigenvalue weighted by molar-refractivity contribution is 7.92. The molecule has 0 fully saturated rings. The third kappa shape index (κ3) is 5.06. The average Bonchev–Trinajstić information content (AvgIpc) is 2.80. The smallest absolute Gasteiger partial charge is 0.276 e. The number of carbonyl (C=O) groups is 1. The molecule has 2 N–H and O–H groups in total. The van der Waals surface area contributed by atoms with Crippen LogP contribution in [-0.2, 0) is 10.0 Å². The van der Waals surface area contributed by atoms with Crippen LogP contribution in [0.2, 0.25) is 5.02 Å². The van der Waals surface area contributed by atoms with Crippen LogP contribution in [0.4, 0.5) is 11.4 Å². The zero-order valence-electron chi connectivity index (χ0n) is 19.2. The summed E-state index contributed by atoms with van der Waals surface area (Å²) in [6.07, 6.45) is 0. The van der Waals surface area contributed by atoms with Crippen molar-refractivity contribution in [2.75, 3.05) is 10.0 Å². The van der Waals surface area contributed by atoms with Gasteiger partial charge in [0.25, 0.3) is 21.5 Å².